The van der Waals surface area contributed by atoms with Gasteiger partial charge >= 0.3 is 0 Å². The topological polar surface area (TPSA) is 40.9 Å². The van der Waals surface area contributed by atoms with Gasteiger partial charge in [0.2, 0.25) is 5.91 Å². The number of hydrogen-bond acceptors (Lipinski definition) is 1. The molecule has 1 aliphatic rings. The largest absolute Gasteiger partial charge is 0.273 e. The molecule has 1 radical (unpaired) electrons. The van der Waals surface area contributed by atoms with E-state index in [0.717, 1.165) is 19.3 Å². The maximum absolute atomic E-state index is 11.0. The van der Waals surface area contributed by atoms with E-state index in [1.165, 1.54) is 19.3 Å². The summed E-state index contributed by atoms with van der Waals surface area (Å²) in [5.41, 5.74) is 7.33. The molecule has 1 rings (SSSR count). The van der Waals surface area contributed by atoms with Crippen LogP contribution in [0, 0.1) is 11.3 Å². The molecule has 2 nitrogen and oxygen atoms in total. The van der Waals surface area contributed by atoms with Crippen LogP contribution in [0.5, 0.6) is 0 Å². The lowest BCUT2D eigenvalue weighted by Crippen LogP contribution is -2.29. The minimum Gasteiger partial charge on any atom is -0.273 e. The van der Waals surface area contributed by atoms with Crippen molar-refractivity contribution in [3.05, 3.63) is 0 Å². The van der Waals surface area contributed by atoms with E-state index in [0.29, 0.717) is 12.3 Å². The number of amides is 1. The van der Waals surface area contributed by atoms with Crippen LogP contribution in [-0.4, -0.2) is 5.91 Å². The van der Waals surface area contributed by atoms with Crippen molar-refractivity contribution in [3.8, 4) is 0 Å². The molecule has 1 N–H and O–H groups in total. The second kappa shape index (κ2) is 4.81. The summed E-state index contributed by atoms with van der Waals surface area (Å²) in [5.74, 6) is 0.278. The van der Waals surface area contributed by atoms with E-state index >= 15 is 0 Å². The third kappa shape index (κ3) is 3.32. The molecule has 0 atom stereocenters. The number of nitrogens with one attached hydrogen (secondary N) is 1. The van der Waals surface area contributed by atoms with Gasteiger partial charge in [0.05, 0.1) is 0 Å². The fourth-order valence-corrected chi connectivity index (χ4v) is 2.96. The Labute approximate surface area is 87.2 Å². The lowest BCUT2D eigenvalue weighted by atomic mass is 9.67. The van der Waals surface area contributed by atoms with Crippen molar-refractivity contribution >= 4 is 5.91 Å². The summed E-state index contributed by atoms with van der Waals surface area (Å²) in [5, 5.41) is 0. The van der Waals surface area contributed by atoms with Crippen molar-refractivity contribution in [2.24, 2.45) is 11.3 Å². The molecule has 14 heavy (non-hydrogen) atoms. The predicted octanol–water partition coefficient (Wildman–Crippen LogP) is 3.18. The van der Waals surface area contributed by atoms with Crippen LogP contribution < -0.4 is 5.73 Å². The molecule has 0 aromatic heterocycles. The predicted molar refractivity (Wildman–Crippen MR) is 57.7 cm³/mol. The molecule has 0 bridgehead atoms. The Morgan fingerprint density at radius 1 is 1.29 bits per heavy atom. The second-order valence-electron chi connectivity index (χ2n) is 5.26. The highest BCUT2D eigenvalue weighted by Crippen LogP contribution is 2.44. The summed E-state index contributed by atoms with van der Waals surface area (Å²) in [6, 6.07) is 0. The zero-order valence-electron chi connectivity index (χ0n) is 9.44. The van der Waals surface area contributed by atoms with Crippen molar-refractivity contribution in [1.82, 2.24) is 5.73 Å². The Bertz CT molecular complexity index is 192. The number of rotatable bonds is 4. The van der Waals surface area contributed by atoms with Gasteiger partial charge in [-0.15, -0.1) is 0 Å². The SMILES string of the molecule is CC(C)CC1(CC([NH])=O)CCCCC1. The first-order valence-electron chi connectivity index (χ1n) is 5.78. The van der Waals surface area contributed by atoms with Crippen molar-refractivity contribution in [1.29, 1.82) is 0 Å². The second-order valence-corrected chi connectivity index (χ2v) is 5.26. The van der Waals surface area contributed by atoms with Crippen molar-refractivity contribution in [2.45, 2.75) is 58.8 Å². The molecular formula is C12H22NO. The van der Waals surface area contributed by atoms with E-state index in [1.807, 2.05) is 0 Å². The Morgan fingerprint density at radius 2 is 1.86 bits per heavy atom. The first-order valence-corrected chi connectivity index (χ1v) is 5.78. The first kappa shape index (κ1) is 11.5. The molecule has 0 spiro atoms. The number of carbonyl (C=O) groups excluding carboxylic acids is 1. The van der Waals surface area contributed by atoms with Gasteiger partial charge in [-0.2, -0.15) is 0 Å². The van der Waals surface area contributed by atoms with Gasteiger partial charge in [-0.1, -0.05) is 33.1 Å². The van der Waals surface area contributed by atoms with Crippen molar-refractivity contribution in [3.63, 3.8) is 0 Å². The van der Waals surface area contributed by atoms with Crippen LogP contribution in [0.1, 0.15) is 58.8 Å². The van der Waals surface area contributed by atoms with Crippen LogP contribution in [0.4, 0.5) is 0 Å². The zero-order chi connectivity index (χ0) is 10.6. The van der Waals surface area contributed by atoms with Gasteiger partial charge < -0.3 is 0 Å². The fraction of sp³-hybridized carbons (Fsp3) is 0.917. The van der Waals surface area contributed by atoms with E-state index in [9.17, 15) is 4.79 Å². The Hall–Kier alpha value is -0.530. The summed E-state index contributed by atoms with van der Waals surface area (Å²) in [4.78, 5) is 11.0. The lowest BCUT2D eigenvalue weighted by Gasteiger charge is -2.37. The summed E-state index contributed by atoms with van der Waals surface area (Å²) < 4.78 is 0. The van der Waals surface area contributed by atoms with E-state index in [-0.39, 0.29) is 11.3 Å². The highest BCUT2D eigenvalue weighted by atomic mass is 16.1. The molecule has 0 heterocycles. The average molecular weight is 196 g/mol. The van der Waals surface area contributed by atoms with Crippen LogP contribution in [0.15, 0.2) is 0 Å². The molecule has 1 aliphatic carbocycles. The minimum absolute atomic E-state index is 0.186. The molecule has 0 saturated heterocycles. The molecule has 1 fully saturated rings. The average Bonchev–Trinajstić information content (AvgIpc) is 2.01. The van der Waals surface area contributed by atoms with Gasteiger partial charge in [0, 0.05) is 6.42 Å². The third-order valence-electron chi connectivity index (χ3n) is 3.29. The van der Waals surface area contributed by atoms with Crippen LogP contribution in [0.25, 0.3) is 0 Å². The quantitative estimate of drug-likeness (QED) is 0.680. The van der Waals surface area contributed by atoms with Crippen LogP contribution in [-0.2, 0) is 4.79 Å². The highest BCUT2D eigenvalue weighted by Gasteiger charge is 2.34. The lowest BCUT2D eigenvalue weighted by molar-refractivity contribution is -0.121. The molecule has 0 aliphatic heterocycles. The molecular weight excluding hydrogens is 174 g/mol. The van der Waals surface area contributed by atoms with Gasteiger partial charge in [-0.05, 0) is 30.6 Å². The van der Waals surface area contributed by atoms with E-state index in [4.69, 9.17) is 5.73 Å². The Kier molecular flexibility index (Phi) is 3.97. The van der Waals surface area contributed by atoms with Crippen molar-refractivity contribution < 1.29 is 4.79 Å². The van der Waals surface area contributed by atoms with Crippen LogP contribution in [0.3, 0.4) is 0 Å². The molecule has 0 aromatic carbocycles. The van der Waals surface area contributed by atoms with Crippen LogP contribution >= 0.6 is 0 Å². The zero-order valence-corrected chi connectivity index (χ0v) is 9.44. The smallest absolute Gasteiger partial charge is 0.238 e. The monoisotopic (exact) mass is 196 g/mol. The molecule has 1 saturated carbocycles. The van der Waals surface area contributed by atoms with Gasteiger partial charge in [-0.25, -0.2) is 0 Å². The standard InChI is InChI=1S/C12H22NO/c1-10(2)8-12(9-11(13)14)6-4-3-5-7-12/h10,13H,3-9H2,1-2H3. The summed E-state index contributed by atoms with van der Waals surface area (Å²) in [7, 11) is 0. The molecule has 2 heteroatoms. The normalized spacial score (nSPS) is 21.1. The van der Waals surface area contributed by atoms with Gasteiger partial charge in [0.15, 0.2) is 0 Å². The molecule has 0 aromatic rings. The van der Waals surface area contributed by atoms with Gasteiger partial charge in [-0.3, -0.25) is 10.5 Å². The molecule has 0 unspecified atom stereocenters. The number of carbonyl (C=O) groups is 1. The minimum atomic E-state index is -0.368. The first-order chi connectivity index (χ1) is 6.54. The van der Waals surface area contributed by atoms with E-state index in [1.54, 1.807) is 0 Å². The highest BCUT2D eigenvalue weighted by molar-refractivity contribution is 5.73. The maximum Gasteiger partial charge on any atom is 0.238 e. The van der Waals surface area contributed by atoms with Gasteiger partial charge in [0.1, 0.15) is 0 Å². The summed E-state index contributed by atoms with van der Waals surface area (Å²) in [6.45, 7) is 4.43. The fourth-order valence-electron chi connectivity index (χ4n) is 2.96. The van der Waals surface area contributed by atoms with E-state index in [2.05, 4.69) is 13.8 Å². The molecule has 81 valence electrons. The van der Waals surface area contributed by atoms with Crippen LogP contribution in [0.2, 0.25) is 0 Å². The van der Waals surface area contributed by atoms with Gasteiger partial charge in [0.25, 0.3) is 0 Å². The summed E-state index contributed by atoms with van der Waals surface area (Å²) >= 11 is 0. The summed E-state index contributed by atoms with van der Waals surface area (Å²) in [6.07, 6.45) is 7.75. The van der Waals surface area contributed by atoms with E-state index < -0.39 is 0 Å². The third-order valence-corrected chi connectivity index (χ3v) is 3.29. The Morgan fingerprint density at radius 3 is 2.29 bits per heavy atom. The number of hydrogen-bond donors (Lipinski definition) is 0. The van der Waals surface area contributed by atoms with Crippen molar-refractivity contribution in [2.75, 3.05) is 0 Å². The Balaban J connectivity index is 2.61. The molecule has 1 amide bonds. The maximum atomic E-state index is 11.0.